The Morgan fingerprint density at radius 3 is 2.41 bits per heavy atom. The molecule has 8 nitrogen and oxygen atoms in total. The van der Waals surface area contributed by atoms with Gasteiger partial charge in [-0.3, -0.25) is 0 Å². The molecular weight excluding hydrogens is 366 g/mol. The summed E-state index contributed by atoms with van der Waals surface area (Å²) in [4.78, 5) is 18.2. The fourth-order valence-electron chi connectivity index (χ4n) is 3.24. The molecule has 0 unspecified atom stereocenters. The third-order valence-electron chi connectivity index (χ3n) is 4.50. The van der Waals surface area contributed by atoms with Gasteiger partial charge < -0.3 is 14.8 Å². The molecule has 0 saturated carbocycles. The molecule has 0 spiro atoms. The summed E-state index contributed by atoms with van der Waals surface area (Å²) >= 11 is 0. The van der Waals surface area contributed by atoms with Gasteiger partial charge in [-0.1, -0.05) is 6.07 Å². The van der Waals surface area contributed by atoms with Gasteiger partial charge in [-0.15, -0.1) is 0 Å². The number of rotatable bonds is 3. The Labute approximate surface area is 159 Å². The molecule has 1 aromatic heterocycles. The van der Waals surface area contributed by atoms with E-state index in [2.05, 4.69) is 10.3 Å². The van der Waals surface area contributed by atoms with Crippen LogP contribution in [0.2, 0.25) is 0 Å². The number of amides is 2. The second-order valence-electron chi connectivity index (χ2n) is 6.93. The number of urea groups is 1. The molecule has 1 aromatic carbocycles. The Morgan fingerprint density at radius 2 is 1.78 bits per heavy atom. The summed E-state index contributed by atoms with van der Waals surface area (Å²) in [5.74, 6) is 0. The number of carbonyl (C=O) groups excluding carboxylic acids is 1. The van der Waals surface area contributed by atoms with E-state index in [9.17, 15) is 13.2 Å². The number of aryl methyl sites for hydroxylation is 3. The van der Waals surface area contributed by atoms with E-state index < -0.39 is 10.0 Å². The molecule has 2 heterocycles. The molecule has 3 rings (SSSR count). The van der Waals surface area contributed by atoms with Crippen molar-refractivity contribution in [2.75, 3.05) is 31.5 Å². The smallest absolute Gasteiger partial charge is 0.321 e. The van der Waals surface area contributed by atoms with E-state index in [1.165, 1.54) is 16.8 Å². The molecule has 146 valence electrons. The first-order valence-corrected chi connectivity index (χ1v) is 10.3. The van der Waals surface area contributed by atoms with Gasteiger partial charge in [0.25, 0.3) is 10.0 Å². The highest BCUT2D eigenvalue weighted by Gasteiger charge is 2.29. The molecule has 27 heavy (non-hydrogen) atoms. The summed E-state index contributed by atoms with van der Waals surface area (Å²) in [6.45, 7) is 5.42. The van der Waals surface area contributed by atoms with Crippen LogP contribution in [0.15, 0.2) is 35.7 Å². The number of aromatic nitrogens is 2. The normalized spacial score (nSPS) is 16.2. The second-order valence-corrected chi connectivity index (χ2v) is 8.81. The third-order valence-corrected chi connectivity index (χ3v) is 6.28. The van der Waals surface area contributed by atoms with Gasteiger partial charge in [0.05, 0.1) is 6.33 Å². The van der Waals surface area contributed by atoms with Crippen molar-refractivity contribution in [2.45, 2.75) is 25.3 Å². The molecule has 2 amide bonds. The van der Waals surface area contributed by atoms with E-state index in [1.54, 1.807) is 16.5 Å². The van der Waals surface area contributed by atoms with Crippen LogP contribution in [0.25, 0.3) is 0 Å². The standard InChI is InChI=1S/C18H25N5O3S/c1-14-9-15(2)11-16(10-14)20-18(24)22-5-4-6-23(8-7-22)27(25,26)17-12-21(3)13-19-17/h9-13H,4-8H2,1-3H3,(H,20,24). The Bertz CT molecular complexity index is 918. The average Bonchev–Trinajstić information content (AvgIpc) is 2.87. The Hall–Kier alpha value is -2.39. The van der Waals surface area contributed by atoms with Crippen molar-refractivity contribution in [1.82, 2.24) is 18.8 Å². The van der Waals surface area contributed by atoms with E-state index in [4.69, 9.17) is 0 Å². The zero-order valence-corrected chi connectivity index (χ0v) is 16.7. The largest absolute Gasteiger partial charge is 0.339 e. The minimum atomic E-state index is -3.64. The van der Waals surface area contributed by atoms with Gasteiger partial charge in [0.15, 0.2) is 5.03 Å². The van der Waals surface area contributed by atoms with Gasteiger partial charge in [-0.25, -0.2) is 18.2 Å². The van der Waals surface area contributed by atoms with Crippen molar-refractivity contribution in [3.8, 4) is 0 Å². The van der Waals surface area contributed by atoms with Crippen LogP contribution >= 0.6 is 0 Å². The summed E-state index contributed by atoms with van der Waals surface area (Å²) in [5, 5.41) is 2.95. The number of benzene rings is 1. The quantitative estimate of drug-likeness (QED) is 0.866. The molecule has 9 heteroatoms. The van der Waals surface area contributed by atoms with Crippen LogP contribution in [0.3, 0.4) is 0 Å². The van der Waals surface area contributed by atoms with Crippen molar-refractivity contribution < 1.29 is 13.2 Å². The average molecular weight is 391 g/mol. The van der Waals surface area contributed by atoms with E-state index in [1.807, 2.05) is 32.0 Å². The highest BCUT2D eigenvalue weighted by atomic mass is 32.2. The minimum Gasteiger partial charge on any atom is -0.339 e. The molecule has 0 aliphatic carbocycles. The SMILES string of the molecule is Cc1cc(C)cc(NC(=O)N2CCCN(S(=O)(=O)c3cn(C)cn3)CC2)c1. The highest BCUT2D eigenvalue weighted by Crippen LogP contribution is 2.18. The van der Waals surface area contributed by atoms with Crippen molar-refractivity contribution in [3.63, 3.8) is 0 Å². The lowest BCUT2D eigenvalue weighted by Gasteiger charge is -2.22. The first kappa shape index (κ1) is 19.4. The molecule has 0 radical (unpaired) electrons. The molecule has 0 atom stereocenters. The van der Waals surface area contributed by atoms with Crippen LogP contribution in [0.1, 0.15) is 17.5 Å². The minimum absolute atomic E-state index is 0.0399. The van der Waals surface area contributed by atoms with Crippen molar-refractivity contribution >= 4 is 21.7 Å². The lowest BCUT2D eigenvalue weighted by atomic mass is 10.1. The van der Waals surface area contributed by atoms with Gasteiger partial charge in [-0.2, -0.15) is 4.31 Å². The molecule has 1 saturated heterocycles. The van der Waals surface area contributed by atoms with Gasteiger partial charge in [0.2, 0.25) is 0 Å². The van der Waals surface area contributed by atoms with Crippen LogP contribution in [0.5, 0.6) is 0 Å². The number of sulfonamides is 1. The van der Waals surface area contributed by atoms with Gasteiger partial charge >= 0.3 is 6.03 Å². The van der Waals surface area contributed by atoms with Crippen molar-refractivity contribution in [3.05, 3.63) is 41.9 Å². The Balaban J connectivity index is 1.66. The lowest BCUT2D eigenvalue weighted by Crippen LogP contribution is -2.39. The fraction of sp³-hybridized carbons (Fsp3) is 0.444. The molecule has 1 N–H and O–H groups in total. The maximum absolute atomic E-state index is 12.7. The summed E-state index contributed by atoms with van der Waals surface area (Å²) in [7, 11) is -1.91. The lowest BCUT2D eigenvalue weighted by molar-refractivity contribution is 0.214. The summed E-state index contributed by atoms with van der Waals surface area (Å²) in [6, 6.07) is 5.67. The van der Waals surface area contributed by atoms with Crippen molar-refractivity contribution in [2.24, 2.45) is 7.05 Å². The number of nitrogens with one attached hydrogen (secondary N) is 1. The molecule has 1 aliphatic rings. The van der Waals surface area contributed by atoms with Crippen LogP contribution in [0, 0.1) is 13.8 Å². The topological polar surface area (TPSA) is 87.5 Å². The van der Waals surface area contributed by atoms with Crippen LogP contribution in [0.4, 0.5) is 10.5 Å². The Kier molecular flexibility index (Phi) is 5.52. The number of nitrogens with zero attached hydrogens (tertiary/aromatic N) is 4. The van der Waals surface area contributed by atoms with E-state index in [-0.39, 0.29) is 17.6 Å². The first-order valence-electron chi connectivity index (χ1n) is 8.88. The molecule has 0 bridgehead atoms. The number of carbonyl (C=O) groups is 1. The third kappa shape index (κ3) is 4.48. The Morgan fingerprint density at radius 1 is 1.07 bits per heavy atom. The molecular formula is C18H25N5O3S. The maximum Gasteiger partial charge on any atom is 0.321 e. The highest BCUT2D eigenvalue weighted by molar-refractivity contribution is 7.89. The number of hydrogen-bond acceptors (Lipinski definition) is 4. The zero-order valence-electron chi connectivity index (χ0n) is 15.8. The fourth-order valence-corrected chi connectivity index (χ4v) is 4.68. The molecule has 1 aliphatic heterocycles. The van der Waals surface area contributed by atoms with E-state index >= 15 is 0 Å². The van der Waals surface area contributed by atoms with Gasteiger partial charge in [0, 0.05) is 45.1 Å². The number of imidazole rings is 1. The first-order chi connectivity index (χ1) is 12.8. The van der Waals surface area contributed by atoms with E-state index in [0.29, 0.717) is 26.1 Å². The monoisotopic (exact) mass is 391 g/mol. The number of anilines is 1. The molecule has 2 aromatic rings. The maximum atomic E-state index is 12.7. The van der Waals surface area contributed by atoms with Crippen molar-refractivity contribution in [1.29, 1.82) is 0 Å². The summed E-state index contributed by atoms with van der Waals surface area (Å²) < 4.78 is 28.5. The summed E-state index contributed by atoms with van der Waals surface area (Å²) in [5.41, 5.74) is 2.90. The second kappa shape index (κ2) is 7.69. The van der Waals surface area contributed by atoms with Gasteiger partial charge in [0.1, 0.15) is 0 Å². The van der Waals surface area contributed by atoms with Crippen LogP contribution < -0.4 is 5.32 Å². The van der Waals surface area contributed by atoms with E-state index in [0.717, 1.165) is 16.8 Å². The van der Waals surface area contributed by atoms with Gasteiger partial charge in [-0.05, 0) is 43.5 Å². The summed E-state index contributed by atoms with van der Waals surface area (Å²) in [6.07, 6.45) is 3.53. The predicted octanol–water partition coefficient (Wildman–Crippen LogP) is 1.97. The van der Waals surface area contributed by atoms with Crippen LogP contribution in [-0.4, -0.2) is 59.4 Å². The number of hydrogen-bond donors (Lipinski definition) is 1. The van der Waals surface area contributed by atoms with Crippen LogP contribution in [-0.2, 0) is 17.1 Å². The molecule has 1 fully saturated rings. The predicted molar refractivity (Wildman–Crippen MR) is 103 cm³/mol. The zero-order chi connectivity index (χ0) is 19.6.